The van der Waals surface area contributed by atoms with Crippen LogP contribution < -0.4 is 10.1 Å². The molecule has 1 aliphatic heterocycles. The van der Waals surface area contributed by atoms with Gasteiger partial charge in [-0.1, -0.05) is 35.7 Å². The zero-order valence-corrected chi connectivity index (χ0v) is 15.0. The van der Waals surface area contributed by atoms with Gasteiger partial charge < -0.3 is 10.1 Å². The van der Waals surface area contributed by atoms with Crippen molar-refractivity contribution in [3.63, 3.8) is 0 Å². The van der Waals surface area contributed by atoms with Crippen molar-refractivity contribution in [2.45, 2.75) is 44.7 Å². The molecule has 2 aliphatic rings. The van der Waals surface area contributed by atoms with E-state index >= 15 is 0 Å². The summed E-state index contributed by atoms with van der Waals surface area (Å²) in [6, 6.07) is 5.29. The lowest BCUT2D eigenvalue weighted by molar-refractivity contribution is -0.134. The topological polar surface area (TPSA) is 58.6 Å². The summed E-state index contributed by atoms with van der Waals surface area (Å²) < 4.78 is 6.24. The highest BCUT2D eigenvalue weighted by Crippen LogP contribution is 2.39. The molecule has 1 saturated carbocycles. The number of amides is 3. The highest BCUT2D eigenvalue weighted by atomic mass is 79.9. The maximum Gasteiger partial charge on any atom is 0.325 e. The Kier molecular flexibility index (Phi) is 4.36. The molecule has 1 heterocycles. The molecule has 2 fully saturated rings. The first-order valence-corrected chi connectivity index (χ1v) is 8.74. The Bertz CT molecular complexity index is 649. The van der Waals surface area contributed by atoms with Gasteiger partial charge in [0.25, 0.3) is 5.91 Å². The van der Waals surface area contributed by atoms with Crippen molar-refractivity contribution in [2.75, 3.05) is 7.11 Å². The van der Waals surface area contributed by atoms with Gasteiger partial charge >= 0.3 is 6.03 Å². The summed E-state index contributed by atoms with van der Waals surface area (Å²) in [6.07, 6.45) is 3.79. The van der Waals surface area contributed by atoms with Gasteiger partial charge in [0.05, 0.1) is 13.7 Å². The number of carbonyl (C=O) groups excluding carboxylic acids is 2. The largest absolute Gasteiger partial charge is 0.496 e. The molecule has 0 aromatic heterocycles. The number of benzene rings is 1. The van der Waals surface area contributed by atoms with Crippen LogP contribution in [-0.4, -0.2) is 29.5 Å². The predicted molar refractivity (Wildman–Crippen MR) is 90.1 cm³/mol. The molecule has 0 unspecified atom stereocenters. The Morgan fingerprint density at radius 2 is 2.17 bits per heavy atom. The summed E-state index contributed by atoms with van der Waals surface area (Å²) >= 11 is 3.43. The Hall–Kier alpha value is -1.56. The van der Waals surface area contributed by atoms with E-state index in [1.54, 1.807) is 7.11 Å². The van der Waals surface area contributed by atoms with E-state index in [-0.39, 0.29) is 24.4 Å². The molecule has 1 N–H and O–H groups in total. The monoisotopic (exact) mass is 380 g/mol. The summed E-state index contributed by atoms with van der Waals surface area (Å²) in [6.45, 7) is 2.28. The fourth-order valence-corrected chi connectivity index (χ4v) is 4.09. The first-order valence-electron chi connectivity index (χ1n) is 7.94. The second-order valence-corrected chi connectivity index (χ2v) is 7.31. The Balaban J connectivity index is 1.88. The van der Waals surface area contributed by atoms with E-state index < -0.39 is 5.54 Å². The van der Waals surface area contributed by atoms with Crippen LogP contribution in [0.5, 0.6) is 5.75 Å². The van der Waals surface area contributed by atoms with Crippen LogP contribution in [0.2, 0.25) is 0 Å². The van der Waals surface area contributed by atoms with Gasteiger partial charge in [0.1, 0.15) is 11.3 Å². The molecule has 0 bridgehead atoms. The first kappa shape index (κ1) is 16.3. The number of nitrogens with one attached hydrogen (secondary N) is 1. The van der Waals surface area contributed by atoms with Crippen LogP contribution in [0.4, 0.5) is 4.79 Å². The van der Waals surface area contributed by atoms with E-state index in [4.69, 9.17) is 4.74 Å². The molecular weight excluding hydrogens is 360 g/mol. The second kappa shape index (κ2) is 6.15. The van der Waals surface area contributed by atoms with Crippen molar-refractivity contribution in [2.24, 2.45) is 5.92 Å². The van der Waals surface area contributed by atoms with Gasteiger partial charge in [0, 0.05) is 10.0 Å². The number of nitrogens with zero attached hydrogens (tertiary/aromatic N) is 1. The fraction of sp³-hybridized carbons (Fsp3) is 0.529. The van der Waals surface area contributed by atoms with Crippen LogP contribution in [-0.2, 0) is 11.3 Å². The van der Waals surface area contributed by atoms with E-state index in [2.05, 4.69) is 28.2 Å². The normalized spacial score (nSPS) is 27.4. The molecule has 3 rings (SSSR count). The molecular formula is C17H21BrN2O3. The summed E-state index contributed by atoms with van der Waals surface area (Å²) in [4.78, 5) is 26.7. The number of imide groups is 1. The third kappa shape index (κ3) is 2.73. The number of carbonyl (C=O) groups is 2. The van der Waals surface area contributed by atoms with Gasteiger partial charge in [-0.2, -0.15) is 0 Å². The van der Waals surface area contributed by atoms with Crippen LogP contribution in [0.25, 0.3) is 0 Å². The number of rotatable bonds is 3. The molecule has 1 aliphatic carbocycles. The average molecular weight is 381 g/mol. The highest BCUT2D eigenvalue weighted by molar-refractivity contribution is 9.10. The molecule has 6 heteroatoms. The van der Waals surface area contributed by atoms with Crippen molar-refractivity contribution in [3.8, 4) is 5.75 Å². The predicted octanol–water partition coefficient (Wildman–Crippen LogP) is 3.46. The SMILES string of the molecule is COc1ccc(Br)cc1CN1C(=O)N[C@@]2(CCCC[C@@H]2C)C1=O. The Morgan fingerprint density at radius 3 is 2.87 bits per heavy atom. The van der Waals surface area contributed by atoms with Gasteiger partial charge in [-0.15, -0.1) is 0 Å². The maximum absolute atomic E-state index is 13.0. The zero-order valence-electron chi connectivity index (χ0n) is 13.4. The van der Waals surface area contributed by atoms with E-state index in [0.717, 1.165) is 35.7 Å². The number of urea groups is 1. The quantitative estimate of drug-likeness (QED) is 0.816. The van der Waals surface area contributed by atoms with Gasteiger partial charge in [0.2, 0.25) is 0 Å². The minimum Gasteiger partial charge on any atom is -0.496 e. The lowest BCUT2D eigenvalue weighted by atomic mass is 9.73. The number of hydrogen-bond donors (Lipinski definition) is 1. The van der Waals surface area contributed by atoms with Crippen LogP contribution in [0, 0.1) is 5.92 Å². The van der Waals surface area contributed by atoms with E-state index in [0.29, 0.717) is 5.75 Å². The number of halogens is 1. The molecule has 1 spiro atoms. The van der Waals surface area contributed by atoms with Crippen LogP contribution in [0.15, 0.2) is 22.7 Å². The summed E-state index contributed by atoms with van der Waals surface area (Å²) in [7, 11) is 1.59. The van der Waals surface area contributed by atoms with Crippen molar-refractivity contribution >= 4 is 27.9 Å². The Morgan fingerprint density at radius 1 is 1.39 bits per heavy atom. The van der Waals surface area contributed by atoms with E-state index in [1.165, 1.54) is 4.90 Å². The highest BCUT2D eigenvalue weighted by Gasteiger charge is 2.54. The van der Waals surface area contributed by atoms with Crippen LogP contribution >= 0.6 is 15.9 Å². The van der Waals surface area contributed by atoms with Crippen molar-refractivity contribution < 1.29 is 14.3 Å². The Labute approximate surface area is 144 Å². The molecule has 0 radical (unpaired) electrons. The standard InChI is InChI=1S/C17H21BrN2O3/c1-11-5-3-4-8-17(11)15(21)20(16(22)19-17)10-12-9-13(18)6-7-14(12)23-2/h6-7,9,11H,3-5,8,10H2,1-2H3,(H,19,22)/t11-,17+/m0/s1. The molecule has 5 nitrogen and oxygen atoms in total. The van der Waals surface area contributed by atoms with Crippen LogP contribution in [0.3, 0.4) is 0 Å². The molecule has 124 valence electrons. The van der Waals surface area contributed by atoms with Gasteiger partial charge in [-0.05, 0) is 37.0 Å². The molecule has 1 aromatic carbocycles. The maximum atomic E-state index is 13.0. The first-order chi connectivity index (χ1) is 11.0. The molecule has 1 aromatic rings. The van der Waals surface area contributed by atoms with Gasteiger partial charge in [0.15, 0.2) is 0 Å². The lowest BCUT2D eigenvalue weighted by Crippen LogP contribution is -2.53. The molecule has 1 saturated heterocycles. The zero-order chi connectivity index (χ0) is 16.6. The van der Waals surface area contributed by atoms with Crippen molar-refractivity contribution in [1.29, 1.82) is 0 Å². The van der Waals surface area contributed by atoms with E-state index in [9.17, 15) is 9.59 Å². The molecule has 2 atom stereocenters. The minimum absolute atomic E-state index is 0.100. The molecule has 23 heavy (non-hydrogen) atoms. The van der Waals surface area contributed by atoms with Crippen LogP contribution in [0.1, 0.15) is 38.2 Å². The summed E-state index contributed by atoms with van der Waals surface area (Å²) in [5, 5.41) is 2.98. The lowest BCUT2D eigenvalue weighted by Gasteiger charge is -2.36. The number of hydrogen-bond acceptors (Lipinski definition) is 3. The number of ether oxygens (including phenoxy) is 1. The second-order valence-electron chi connectivity index (χ2n) is 6.40. The van der Waals surface area contributed by atoms with Crippen molar-refractivity contribution in [1.82, 2.24) is 10.2 Å². The summed E-state index contributed by atoms with van der Waals surface area (Å²) in [5.41, 5.74) is 0.0973. The molecule has 3 amide bonds. The minimum atomic E-state index is -0.714. The number of methoxy groups -OCH3 is 1. The average Bonchev–Trinajstić information content (AvgIpc) is 2.76. The van der Waals surface area contributed by atoms with E-state index in [1.807, 2.05) is 18.2 Å². The fourth-order valence-electron chi connectivity index (χ4n) is 3.68. The third-order valence-electron chi connectivity index (χ3n) is 5.07. The van der Waals surface area contributed by atoms with Gasteiger partial charge in [-0.25, -0.2) is 4.79 Å². The van der Waals surface area contributed by atoms with Gasteiger partial charge in [-0.3, -0.25) is 9.69 Å². The smallest absolute Gasteiger partial charge is 0.325 e. The third-order valence-corrected chi connectivity index (χ3v) is 5.57. The van der Waals surface area contributed by atoms with Crippen molar-refractivity contribution in [3.05, 3.63) is 28.2 Å². The summed E-state index contributed by atoms with van der Waals surface area (Å²) in [5.74, 6) is 0.741.